The molecule has 0 amide bonds. The second-order valence-electron chi connectivity index (χ2n) is 7.74. The summed E-state index contributed by atoms with van der Waals surface area (Å²) in [5.74, 6) is 0.454. The third-order valence-electron chi connectivity index (χ3n) is 6.55. The summed E-state index contributed by atoms with van der Waals surface area (Å²) in [4.78, 5) is 12.4. The first-order valence-electron chi connectivity index (χ1n) is 8.99. The fourth-order valence-corrected chi connectivity index (χ4v) is 5.59. The van der Waals surface area contributed by atoms with Crippen molar-refractivity contribution < 1.29 is 9.53 Å². The Hall–Kier alpha value is -0.790. The molecule has 1 unspecified atom stereocenters. The van der Waals surface area contributed by atoms with E-state index in [2.05, 4.69) is 6.58 Å². The van der Waals surface area contributed by atoms with Gasteiger partial charge in [-0.25, -0.2) is 4.79 Å². The summed E-state index contributed by atoms with van der Waals surface area (Å²) >= 11 is 0. The van der Waals surface area contributed by atoms with Crippen LogP contribution in [0.15, 0.2) is 12.2 Å². The van der Waals surface area contributed by atoms with Gasteiger partial charge >= 0.3 is 5.97 Å². The highest BCUT2D eigenvalue weighted by Gasteiger charge is 2.61. The summed E-state index contributed by atoms with van der Waals surface area (Å²) in [6.45, 7) is 5.60. The molecule has 3 aliphatic carbocycles. The van der Waals surface area contributed by atoms with Crippen LogP contribution in [-0.2, 0) is 9.53 Å². The lowest BCUT2D eigenvalue weighted by molar-refractivity contribution is -0.185. The lowest BCUT2D eigenvalue weighted by atomic mass is 9.60. The predicted molar refractivity (Wildman–Crippen MR) is 85.0 cm³/mol. The van der Waals surface area contributed by atoms with Gasteiger partial charge in [0, 0.05) is 11.0 Å². The van der Waals surface area contributed by atoms with Crippen molar-refractivity contribution in [2.45, 2.75) is 89.6 Å². The Morgan fingerprint density at radius 1 is 0.952 bits per heavy atom. The molecule has 118 valence electrons. The lowest BCUT2D eigenvalue weighted by Crippen LogP contribution is -2.53. The molecular formula is C19H30O2. The molecule has 0 saturated heterocycles. The molecule has 0 aromatic heterocycles. The van der Waals surface area contributed by atoms with Crippen molar-refractivity contribution in [2.24, 2.45) is 11.3 Å². The number of hydrogen-bond donors (Lipinski definition) is 0. The minimum absolute atomic E-state index is 0.145. The van der Waals surface area contributed by atoms with Gasteiger partial charge in [0.15, 0.2) is 0 Å². The SMILES string of the molecule is C=C(C)C(=O)OC1(C2CCCC2)CCCC12CCCCC2. The van der Waals surface area contributed by atoms with E-state index in [1.54, 1.807) is 6.92 Å². The van der Waals surface area contributed by atoms with Gasteiger partial charge in [0.25, 0.3) is 0 Å². The van der Waals surface area contributed by atoms with Crippen LogP contribution in [0.3, 0.4) is 0 Å². The number of carbonyl (C=O) groups excluding carboxylic acids is 1. The number of ether oxygens (including phenoxy) is 1. The Morgan fingerprint density at radius 3 is 2.19 bits per heavy atom. The van der Waals surface area contributed by atoms with Gasteiger partial charge in [0.2, 0.25) is 0 Å². The van der Waals surface area contributed by atoms with Crippen LogP contribution in [-0.4, -0.2) is 11.6 Å². The predicted octanol–water partition coefficient (Wildman–Crippen LogP) is 5.17. The monoisotopic (exact) mass is 290 g/mol. The van der Waals surface area contributed by atoms with Crippen molar-refractivity contribution in [3.8, 4) is 0 Å². The maximum Gasteiger partial charge on any atom is 0.333 e. The van der Waals surface area contributed by atoms with Crippen molar-refractivity contribution in [3.05, 3.63) is 12.2 Å². The third-order valence-corrected chi connectivity index (χ3v) is 6.55. The van der Waals surface area contributed by atoms with Crippen molar-refractivity contribution in [1.82, 2.24) is 0 Å². The van der Waals surface area contributed by atoms with Crippen molar-refractivity contribution >= 4 is 5.97 Å². The van der Waals surface area contributed by atoms with E-state index < -0.39 is 0 Å². The van der Waals surface area contributed by atoms with E-state index >= 15 is 0 Å². The van der Waals surface area contributed by atoms with Gasteiger partial charge in [-0.3, -0.25) is 0 Å². The minimum atomic E-state index is -0.167. The quantitative estimate of drug-likeness (QED) is 0.529. The molecule has 0 N–H and O–H groups in total. The number of esters is 1. The highest BCUT2D eigenvalue weighted by Crippen LogP contribution is 2.62. The molecule has 0 aromatic rings. The van der Waals surface area contributed by atoms with Crippen LogP contribution in [0.1, 0.15) is 84.0 Å². The number of carbonyl (C=O) groups is 1. The van der Waals surface area contributed by atoms with Gasteiger partial charge in [-0.1, -0.05) is 38.7 Å². The van der Waals surface area contributed by atoms with Crippen LogP contribution < -0.4 is 0 Å². The molecule has 0 aromatic carbocycles. The first-order chi connectivity index (χ1) is 10.1. The van der Waals surface area contributed by atoms with Crippen LogP contribution in [0.5, 0.6) is 0 Å². The van der Waals surface area contributed by atoms with Crippen molar-refractivity contribution in [1.29, 1.82) is 0 Å². The average molecular weight is 290 g/mol. The van der Waals surface area contributed by atoms with Crippen LogP contribution >= 0.6 is 0 Å². The van der Waals surface area contributed by atoms with Crippen LogP contribution in [0, 0.1) is 11.3 Å². The Balaban J connectivity index is 1.94. The van der Waals surface area contributed by atoms with E-state index in [9.17, 15) is 4.79 Å². The standard InChI is InChI=1S/C19H30O2/c1-15(2)17(20)21-19(16-9-4-5-10-16)14-8-13-18(19)11-6-3-7-12-18/h16H,1,3-14H2,2H3. The summed E-state index contributed by atoms with van der Waals surface area (Å²) < 4.78 is 6.30. The Kier molecular flexibility index (Phi) is 4.16. The summed E-state index contributed by atoms with van der Waals surface area (Å²) in [7, 11) is 0. The molecule has 0 radical (unpaired) electrons. The molecular weight excluding hydrogens is 260 g/mol. The van der Waals surface area contributed by atoms with Gasteiger partial charge in [-0.2, -0.15) is 0 Å². The lowest BCUT2D eigenvalue weighted by Gasteiger charge is -2.51. The summed E-state index contributed by atoms with van der Waals surface area (Å²) in [5.41, 5.74) is 0.677. The summed E-state index contributed by atoms with van der Waals surface area (Å²) in [6, 6.07) is 0. The molecule has 0 aliphatic heterocycles. The third kappa shape index (κ3) is 2.45. The van der Waals surface area contributed by atoms with E-state index in [-0.39, 0.29) is 17.0 Å². The molecule has 0 heterocycles. The molecule has 3 rings (SSSR count). The maximum atomic E-state index is 12.4. The second kappa shape index (κ2) is 5.78. The minimum Gasteiger partial charge on any atom is -0.455 e. The van der Waals surface area contributed by atoms with E-state index in [1.165, 1.54) is 70.6 Å². The zero-order chi connectivity index (χ0) is 14.9. The molecule has 2 heteroatoms. The zero-order valence-corrected chi connectivity index (χ0v) is 13.6. The van der Waals surface area contributed by atoms with E-state index in [0.29, 0.717) is 11.5 Å². The molecule has 1 spiro atoms. The fraction of sp³-hybridized carbons (Fsp3) is 0.842. The molecule has 3 fully saturated rings. The second-order valence-corrected chi connectivity index (χ2v) is 7.74. The van der Waals surface area contributed by atoms with E-state index in [4.69, 9.17) is 4.74 Å². The highest BCUT2D eigenvalue weighted by atomic mass is 16.6. The maximum absolute atomic E-state index is 12.4. The van der Waals surface area contributed by atoms with Crippen molar-refractivity contribution in [3.63, 3.8) is 0 Å². The van der Waals surface area contributed by atoms with Gasteiger partial charge in [-0.05, 0) is 57.8 Å². The topological polar surface area (TPSA) is 26.3 Å². The number of hydrogen-bond acceptors (Lipinski definition) is 2. The van der Waals surface area contributed by atoms with Gasteiger partial charge in [0.05, 0.1) is 0 Å². The van der Waals surface area contributed by atoms with Crippen LogP contribution in [0.4, 0.5) is 0 Å². The molecule has 1 atom stereocenters. The largest absolute Gasteiger partial charge is 0.455 e. The zero-order valence-electron chi connectivity index (χ0n) is 13.6. The van der Waals surface area contributed by atoms with Crippen LogP contribution in [0.2, 0.25) is 0 Å². The number of rotatable bonds is 3. The average Bonchev–Trinajstić information content (AvgIpc) is 3.10. The Bertz CT molecular complexity index is 413. The molecule has 0 bridgehead atoms. The van der Waals surface area contributed by atoms with E-state index in [0.717, 1.165) is 6.42 Å². The van der Waals surface area contributed by atoms with Gasteiger partial charge < -0.3 is 4.74 Å². The smallest absolute Gasteiger partial charge is 0.333 e. The van der Waals surface area contributed by atoms with Gasteiger partial charge in [-0.15, -0.1) is 0 Å². The highest BCUT2D eigenvalue weighted by molar-refractivity contribution is 5.87. The fourth-order valence-electron chi connectivity index (χ4n) is 5.59. The Morgan fingerprint density at radius 2 is 1.57 bits per heavy atom. The Labute approximate surface area is 129 Å². The van der Waals surface area contributed by atoms with Crippen LogP contribution in [0.25, 0.3) is 0 Å². The first-order valence-corrected chi connectivity index (χ1v) is 8.99. The molecule has 3 saturated carbocycles. The molecule has 2 nitrogen and oxygen atoms in total. The normalized spacial score (nSPS) is 32.4. The first kappa shape index (κ1) is 15.1. The van der Waals surface area contributed by atoms with Crippen molar-refractivity contribution in [2.75, 3.05) is 0 Å². The summed E-state index contributed by atoms with van der Waals surface area (Å²) in [6.07, 6.45) is 15.3. The molecule has 21 heavy (non-hydrogen) atoms. The van der Waals surface area contributed by atoms with Gasteiger partial charge in [0.1, 0.15) is 5.60 Å². The molecule has 3 aliphatic rings. The van der Waals surface area contributed by atoms with E-state index in [1.807, 2.05) is 0 Å². The summed E-state index contributed by atoms with van der Waals surface area (Å²) in [5, 5.41) is 0.